The summed E-state index contributed by atoms with van der Waals surface area (Å²) in [6.45, 7) is 10.1. The fourth-order valence-corrected chi connectivity index (χ4v) is 0.263. The number of hydrogen-bond donors (Lipinski definition) is 0. The smallest absolute Gasteiger partial charge is 0.305 e. The summed E-state index contributed by atoms with van der Waals surface area (Å²) in [6, 6.07) is 0. The van der Waals surface area contributed by atoms with Gasteiger partial charge in [0.1, 0.15) is 0 Å². The van der Waals surface area contributed by atoms with Gasteiger partial charge in [0.25, 0.3) is 0 Å². The normalized spacial score (nSPS) is 10.0. The third-order valence-electron chi connectivity index (χ3n) is 1.21. The quantitative estimate of drug-likeness (QED) is 0.627. The Bertz CT molecular complexity index is 125. The highest BCUT2D eigenvalue weighted by Gasteiger charge is 2.03. The van der Waals surface area contributed by atoms with E-state index in [-0.39, 0.29) is 11.6 Å². The zero-order valence-corrected chi connectivity index (χ0v) is 9.64. The summed E-state index contributed by atoms with van der Waals surface area (Å²) in [5.41, 5.74) is 0.0417. The molecule has 0 saturated heterocycles. The van der Waals surface area contributed by atoms with E-state index in [1.165, 1.54) is 0 Å². The van der Waals surface area contributed by atoms with Crippen molar-refractivity contribution in [3.05, 3.63) is 0 Å². The fraction of sp³-hybridized carbons (Fsp3) is 0.900. The first-order chi connectivity index (χ1) is 5.87. The Hall–Kier alpha value is -0.570. The van der Waals surface area contributed by atoms with Crippen molar-refractivity contribution >= 4 is 5.97 Å². The van der Waals surface area contributed by atoms with Crippen LogP contribution in [-0.4, -0.2) is 25.3 Å². The van der Waals surface area contributed by atoms with Crippen molar-refractivity contribution in [3.63, 3.8) is 0 Å². The Balaban J connectivity index is 0. The average molecular weight is 190 g/mol. The Kier molecular flexibility index (Phi) is 9.24. The lowest BCUT2D eigenvalue weighted by Crippen LogP contribution is -2.15. The molecule has 0 fully saturated rings. The van der Waals surface area contributed by atoms with Crippen LogP contribution in [0, 0.1) is 0 Å². The SMILES string of the molecule is CCOC(=O)CC.COC(C)(C)C. The molecule has 3 nitrogen and oxygen atoms in total. The molecular weight excluding hydrogens is 168 g/mol. The third-order valence-corrected chi connectivity index (χ3v) is 1.21. The van der Waals surface area contributed by atoms with Crippen LogP contribution >= 0.6 is 0 Å². The van der Waals surface area contributed by atoms with Gasteiger partial charge in [-0.15, -0.1) is 0 Å². The molecule has 0 radical (unpaired) electrons. The van der Waals surface area contributed by atoms with Crippen LogP contribution in [-0.2, 0) is 14.3 Å². The van der Waals surface area contributed by atoms with Crippen LogP contribution in [0.5, 0.6) is 0 Å². The molecule has 0 N–H and O–H groups in total. The number of carbonyl (C=O) groups excluding carboxylic acids is 1. The second-order valence-corrected chi connectivity index (χ2v) is 3.48. The van der Waals surface area contributed by atoms with E-state index in [0.717, 1.165) is 0 Å². The molecule has 0 aliphatic rings. The molecule has 0 aromatic carbocycles. The number of hydrogen-bond acceptors (Lipinski definition) is 3. The van der Waals surface area contributed by atoms with Gasteiger partial charge in [-0.25, -0.2) is 0 Å². The molecule has 0 aliphatic heterocycles. The predicted octanol–water partition coefficient (Wildman–Crippen LogP) is 2.39. The van der Waals surface area contributed by atoms with Crippen molar-refractivity contribution in [2.24, 2.45) is 0 Å². The third kappa shape index (κ3) is 18.4. The second-order valence-electron chi connectivity index (χ2n) is 3.48. The van der Waals surface area contributed by atoms with Gasteiger partial charge in [-0.1, -0.05) is 6.92 Å². The Labute approximate surface area is 81.4 Å². The summed E-state index contributed by atoms with van der Waals surface area (Å²) in [7, 11) is 1.71. The van der Waals surface area contributed by atoms with Gasteiger partial charge >= 0.3 is 5.97 Å². The molecule has 0 spiro atoms. The zero-order chi connectivity index (χ0) is 10.9. The number of methoxy groups -OCH3 is 1. The predicted molar refractivity (Wildman–Crippen MR) is 53.7 cm³/mol. The molecular formula is C10H22O3. The Morgan fingerprint density at radius 1 is 1.23 bits per heavy atom. The van der Waals surface area contributed by atoms with E-state index >= 15 is 0 Å². The van der Waals surface area contributed by atoms with Crippen molar-refractivity contribution in [2.45, 2.75) is 46.6 Å². The van der Waals surface area contributed by atoms with Crippen LogP contribution in [0.3, 0.4) is 0 Å². The lowest BCUT2D eigenvalue weighted by molar-refractivity contribution is -0.142. The van der Waals surface area contributed by atoms with Crippen LogP contribution in [0.4, 0.5) is 0 Å². The number of esters is 1. The molecule has 0 aliphatic carbocycles. The van der Waals surface area contributed by atoms with Gasteiger partial charge in [0, 0.05) is 13.5 Å². The first kappa shape index (κ1) is 14.9. The highest BCUT2D eigenvalue weighted by molar-refractivity contribution is 5.68. The van der Waals surface area contributed by atoms with Gasteiger partial charge in [-0.05, 0) is 27.7 Å². The first-order valence-electron chi connectivity index (χ1n) is 4.58. The lowest BCUT2D eigenvalue weighted by Gasteiger charge is -2.14. The minimum atomic E-state index is -0.123. The van der Waals surface area contributed by atoms with Gasteiger partial charge in [-0.3, -0.25) is 4.79 Å². The molecule has 3 heteroatoms. The number of carbonyl (C=O) groups is 1. The molecule has 0 amide bonds. The van der Waals surface area contributed by atoms with E-state index in [1.807, 2.05) is 20.8 Å². The molecule has 0 aromatic rings. The highest BCUT2D eigenvalue weighted by Crippen LogP contribution is 2.02. The first-order valence-corrected chi connectivity index (χ1v) is 4.58. The van der Waals surface area contributed by atoms with Crippen LogP contribution in [0.15, 0.2) is 0 Å². The topological polar surface area (TPSA) is 35.5 Å². The average Bonchev–Trinajstić information content (AvgIpc) is 2.05. The van der Waals surface area contributed by atoms with Crippen LogP contribution in [0.25, 0.3) is 0 Å². The molecule has 0 saturated carbocycles. The number of rotatable bonds is 2. The minimum Gasteiger partial charge on any atom is -0.466 e. The summed E-state index contributed by atoms with van der Waals surface area (Å²) in [6.07, 6.45) is 0.480. The zero-order valence-electron chi connectivity index (χ0n) is 9.64. The number of ether oxygens (including phenoxy) is 2. The maximum atomic E-state index is 10.2. The lowest BCUT2D eigenvalue weighted by atomic mass is 10.2. The van der Waals surface area contributed by atoms with Gasteiger partial charge in [0.05, 0.1) is 12.2 Å². The van der Waals surface area contributed by atoms with Crippen molar-refractivity contribution in [1.82, 2.24) is 0 Å². The van der Waals surface area contributed by atoms with E-state index in [4.69, 9.17) is 4.74 Å². The Morgan fingerprint density at radius 2 is 1.62 bits per heavy atom. The van der Waals surface area contributed by atoms with E-state index in [9.17, 15) is 4.79 Å². The van der Waals surface area contributed by atoms with E-state index in [0.29, 0.717) is 13.0 Å². The largest absolute Gasteiger partial charge is 0.466 e. The van der Waals surface area contributed by atoms with Gasteiger partial charge in [0.15, 0.2) is 0 Å². The van der Waals surface area contributed by atoms with Crippen molar-refractivity contribution in [2.75, 3.05) is 13.7 Å². The molecule has 0 heterocycles. The van der Waals surface area contributed by atoms with Crippen LogP contribution in [0.2, 0.25) is 0 Å². The maximum absolute atomic E-state index is 10.2. The van der Waals surface area contributed by atoms with Gasteiger partial charge in [0.2, 0.25) is 0 Å². The Morgan fingerprint density at radius 3 is 1.69 bits per heavy atom. The highest BCUT2D eigenvalue weighted by atomic mass is 16.5. The fourth-order valence-electron chi connectivity index (χ4n) is 0.263. The molecule has 80 valence electrons. The molecule has 13 heavy (non-hydrogen) atoms. The summed E-state index contributed by atoms with van der Waals surface area (Å²) in [5, 5.41) is 0. The molecule has 0 atom stereocenters. The van der Waals surface area contributed by atoms with Crippen molar-refractivity contribution in [3.8, 4) is 0 Å². The van der Waals surface area contributed by atoms with Crippen molar-refractivity contribution in [1.29, 1.82) is 0 Å². The summed E-state index contributed by atoms with van der Waals surface area (Å²) < 4.78 is 9.49. The molecule has 0 aromatic heterocycles. The maximum Gasteiger partial charge on any atom is 0.305 e. The van der Waals surface area contributed by atoms with E-state index in [1.54, 1.807) is 21.0 Å². The van der Waals surface area contributed by atoms with Gasteiger partial charge < -0.3 is 9.47 Å². The molecule has 0 rings (SSSR count). The summed E-state index contributed by atoms with van der Waals surface area (Å²) in [4.78, 5) is 10.2. The molecule has 0 unspecified atom stereocenters. The van der Waals surface area contributed by atoms with E-state index in [2.05, 4.69) is 4.74 Å². The van der Waals surface area contributed by atoms with Crippen molar-refractivity contribution < 1.29 is 14.3 Å². The summed E-state index contributed by atoms with van der Waals surface area (Å²) >= 11 is 0. The summed E-state index contributed by atoms with van der Waals surface area (Å²) in [5.74, 6) is -0.123. The van der Waals surface area contributed by atoms with Gasteiger partial charge in [-0.2, -0.15) is 0 Å². The second kappa shape index (κ2) is 8.05. The standard InChI is InChI=1S/C5H10O2.C5H12O/c1-3-5(6)7-4-2;1-5(2,3)6-4/h3-4H2,1-2H3;1-4H3. The minimum absolute atomic E-state index is 0.0417. The molecule has 0 bridgehead atoms. The monoisotopic (exact) mass is 190 g/mol. The van der Waals surface area contributed by atoms with Crippen LogP contribution < -0.4 is 0 Å². The van der Waals surface area contributed by atoms with E-state index < -0.39 is 0 Å². The van der Waals surface area contributed by atoms with Crippen LogP contribution in [0.1, 0.15) is 41.0 Å².